The molecule has 0 aliphatic heterocycles. The van der Waals surface area contributed by atoms with Crippen molar-refractivity contribution in [1.29, 1.82) is 0 Å². The van der Waals surface area contributed by atoms with Crippen LogP contribution in [0.4, 0.5) is 0 Å². The number of hydrogen-bond donors (Lipinski definition) is 2. The Bertz CT molecular complexity index is 517. The topological polar surface area (TPSA) is 96.6 Å². The lowest BCUT2D eigenvalue weighted by Gasteiger charge is -2.17. The Morgan fingerprint density at radius 1 is 1.52 bits per heavy atom. The fourth-order valence-corrected chi connectivity index (χ4v) is 2.28. The molecule has 0 fully saturated rings. The molecule has 0 aromatic carbocycles. The normalized spacial score (nSPS) is 13.4. The minimum Gasteiger partial charge on any atom is -0.364 e. The Morgan fingerprint density at radius 2 is 2.24 bits per heavy atom. The van der Waals surface area contributed by atoms with Crippen molar-refractivity contribution in [3.05, 3.63) is 18.0 Å². The van der Waals surface area contributed by atoms with Gasteiger partial charge in [0.25, 0.3) is 0 Å². The lowest BCUT2D eigenvalue weighted by molar-refractivity contribution is 0.412. The van der Waals surface area contributed by atoms with Crippen molar-refractivity contribution < 1.29 is 12.9 Å². The first kappa shape index (κ1) is 20.2. The smallest absolute Gasteiger partial charge is 0.191 e. The molecule has 1 atom stereocenters. The van der Waals surface area contributed by atoms with Crippen LogP contribution in [0.5, 0.6) is 0 Å². The highest BCUT2D eigenvalue weighted by Gasteiger charge is 2.09. The van der Waals surface area contributed by atoms with Gasteiger partial charge >= 0.3 is 0 Å². The third-order valence-corrected chi connectivity index (χ3v) is 3.52. The van der Waals surface area contributed by atoms with Gasteiger partial charge in [0, 0.05) is 24.9 Å². The van der Waals surface area contributed by atoms with E-state index in [2.05, 4.69) is 20.8 Å². The molecule has 1 heterocycles. The standard InChI is InChI=1S/C12H22N4O3S.HI/c1-4-13-12(14-9-11-5-7-19-16-11)15-10(2)6-8-20(3,17)18;/h5,7,10H,4,6,8-9H2,1-3H3,(H2,13,14,15);1H. The van der Waals surface area contributed by atoms with Crippen LogP contribution in [-0.4, -0.2) is 44.1 Å². The van der Waals surface area contributed by atoms with Gasteiger partial charge < -0.3 is 15.2 Å². The fourth-order valence-electron chi connectivity index (χ4n) is 1.50. The zero-order valence-corrected chi connectivity index (χ0v) is 15.6. The van der Waals surface area contributed by atoms with Crippen molar-refractivity contribution >= 4 is 39.8 Å². The van der Waals surface area contributed by atoms with E-state index >= 15 is 0 Å². The molecule has 7 nitrogen and oxygen atoms in total. The molecule has 2 N–H and O–H groups in total. The van der Waals surface area contributed by atoms with E-state index in [9.17, 15) is 8.42 Å². The zero-order chi connectivity index (χ0) is 15.0. The Labute approximate surface area is 142 Å². The van der Waals surface area contributed by atoms with Crippen LogP contribution < -0.4 is 10.6 Å². The number of aliphatic imine (C=N–C) groups is 1. The highest BCUT2D eigenvalue weighted by molar-refractivity contribution is 14.0. The van der Waals surface area contributed by atoms with E-state index in [0.717, 1.165) is 12.2 Å². The van der Waals surface area contributed by atoms with Crippen LogP contribution in [0.1, 0.15) is 26.0 Å². The summed E-state index contributed by atoms with van der Waals surface area (Å²) in [7, 11) is -2.94. The monoisotopic (exact) mass is 430 g/mol. The summed E-state index contributed by atoms with van der Waals surface area (Å²) in [5.74, 6) is 0.792. The second-order valence-electron chi connectivity index (χ2n) is 4.65. The number of nitrogens with zero attached hydrogens (tertiary/aromatic N) is 2. The lowest BCUT2D eigenvalue weighted by Crippen LogP contribution is -2.42. The minimum absolute atomic E-state index is 0. The molecular formula is C12H23IN4O3S. The van der Waals surface area contributed by atoms with Crippen LogP contribution in [0.25, 0.3) is 0 Å². The maximum atomic E-state index is 11.1. The molecule has 0 saturated carbocycles. The number of halogens is 1. The van der Waals surface area contributed by atoms with Crippen molar-refractivity contribution in [1.82, 2.24) is 15.8 Å². The van der Waals surface area contributed by atoms with Crippen LogP contribution in [0.3, 0.4) is 0 Å². The summed E-state index contributed by atoms with van der Waals surface area (Å²) in [5.41, 5.74) is 0.742. The Hall–Kier alpha value is -0.840. The molecule has 0 aliphatic carbocycles. The number of aromatic nitrogens is 1. The number of guanidine groups is 1. The van der Waals surface area contributed by atoms with Crippen LogP contribution in [-0.2, 0) is 16.4 Å². The number of hydrogen-bond acceptors (Lipinski definition) is 5. The zero-order valence-electron chi connectivity index (χ0n) is 12.5. The Morgan fingerprint density at radius 3 is 2.76 bits per heavy atom. The summed E-state index contributed by atoms with van der Waals surface area (Å²) in [6.45, 7) is 5.02. The second kappa shape index (κ2) is 9.98. The van der Waals surface area contributed by atoms with Gasteiger partial charge in [0.15, 0.2) is 5.96 Å². The van der Waals surface area contributed by atoms with Crippen LogP contribution >= 0.6 is 24.0 Å². The number of rotatable bonds is 7. The van der Waals surface area contributed by atoms with Gasteiger partial charge in [-0.25, -0.2) is 13.4 Å². The van der Waals surface area contributed by atoms with E-state index in [1.54, 1.807) is 6.07 Å². The van der Waals surface area contributed by atoms with Crippen molar-refractivity contribution in [2.45, 2.75) is 32.9 Å². The highest BCUT2D eigenvalue weighted by atomic mass is 127. The van der Waals surface area contributed by atoms with Crippen molar-refractivity contribution in [3.63, 3.8) is 0 Å². The lowest BCUT2D eigenvalue weighted by atomic mass is 10.3. The van der Waals surface area contributed by atoms with E-state index in [1.807, 2.05) is 13.8 Å². The quantitative estimate of drug-likeness (QED) is 0.383. The van der Waals surface area contributed by atoms with Gasteiger partial charge in [-0.2, -0.15) is 0 Å². The summed E-state index contributed by atoms with van der Waals surface area (Å²) < 4.78 is 27.0. The Balaban J connectivity index is 0.00000400. The average molecular weight is 430 g/mol. The summed E-state index contributed by atoms with van der Waals surface area (Å²) in [4.78, 5) is 4.36. The summed E-state index contributed by atoms with van der Waals surface area (Å²) >= 11 is 0. The number of sulfone groups is 1. The predicted octanol–water partition coefficient (Wildman–Crippen LogP) is 1.17. The third kappa shape index (κ3) is 9.67. The van der Waals surface area contributed by atoms with Crippen LogP contribution in [0, 0.1) is 0 Å². The third-order valence-electron chi connectivity index (χ3n) is 2.54. The molecule has 0 saturated heterocycles. The molecule has 0 spiro atoms. The molecule has 1 rings (SSSR count). The molecule has 1 aromatic rings. The SMILES string of the molecule is CCNC(=NCc1ccon1)NC(C)CCS(C)(=O)=O.I. The fraction of sp³-hybridized carbons (Fsp3) is 0.667. The average Bonchev–Trinajstić information content (AvgIpc) is 2.86. The molecule has 21 heavy (non-hydrogen) atoms. The Kier molecular flexibility index (Phi) is 9.58. The molecule has 0 amide bonds. The van der Waals surface area contributed by atoms with Crippen LogP contribution in [0.15, 0.2) is 21.8 Å². The predicted molar refractivity (Wildman–Crippen MR) is 93.7 cm³/mol. The molecule has 9 heteroatoms. The second-order valence-corrected chi connectivity index (χ2v) is 6.91. The van der Waals surface area contributed by atoms with Crippen molar-refractivity contribution in [2.75, 3.05) is 18.6 Å². The van der Waals surface area contributed by atoms with Gasteiger partial charge in [0.2, 0.25) is 0 Å². The first-order valence-corrected chi connectivity index (χ1v) is 8.58. The maximum absolute atomic E-state index is 11.1. The molecule has 0 aliphatic rings. The molecular weight excluding hydrogens is 407 g/mol. The first-order chi connectivity index (χ1) is 9.40. The van der Waals surface area contributed by atoms with E-state index in [4.69, 9.17) is 4.52 Å². The highest BCUT2D eigenvalue weighted by Crippen LogP contribution is 1.98. The summed E-state index contributed by atoms with van der Waals surface area (Å²) in [6, 6.07) is 1.76. The van der Waals surface area contributed by atoms with Gasteiger partial charge in [-0.15, -0.1) is 24.0 Å². The van der Waals surface area contributed by atoms with Gasteiger partial charge in [-0.05, 0) is 20.3 Å². The first-order valence-electron chi connectivity index (χ1n) is 6.52. The van der Waals surface area contributed by atoms with Gasteiger partial charge in [0.1, 0.15) is 21.8 Å². The van der Waals surface area contributed by atoms with Crippen molar-refractivity contribution in [3.8, 4) is 0 Å². The molecule has 1 aromatic heterocycles. The largest absolute Gasteiger partial charge is 0.364 e. The van der Waals surface area contributed by atoms with E-state index in [-0.39, 0.29) is 35.8 Å². The van der Waals surface area contributed by atoms with E-state index in [0.29, 0.717) is 18.9 Å². The molecule has 1 unspecified atom stereocenters. The number of nitrogens with one attached hydrogen (secondary N) is 2. The molecule has 0 bridgehead atoms. The molecule has 122 valence electrons. The minimum atomic E-state index is -2.94. The summed E-state index contributed by atoms with van der Waals surface area (Å²) in [5, 5.41) is 10.1. The van der Waals surface area contributed by atoms with Gasteiger partial charge in [-0.3, -0.25) is 0 Å². The van der Waals surface area contributed by atoms with Crippen molar-refractivity contribution in [2.24, 2.45) is 4.99 Å². The maximum Gasteiger partial charge on any atom is 0.191 e. The summed E-state index contributed by atoms with van der Waals surface area (Å²) in [6.07, 6.45) is 3.27. The van der Waals surface area contributed by atoms with E-state index < -0.39 is 9.84 Å². The molecule has 0 radical (unpaired) electrons. The van der Waals surface area contributed by atoms with Crippen LogP contribution in [0.2, 0.25) is 0 Å². The van der Waals surface area contributed by atoms with Gasteiger partial charge in [0.05, 0.1) is 12.3 Å². The van der Waals surface area contributed by atoms with Gasteiger partial charge in [-0.1, -0.05) is 5.16 Å². The van der Waals surface area contributed by atoms with E-state index in [1.165, 1.54) is 12.5 Å².